The van der Waals surface area contributed by atoms with E-state index in [9.17, 15) is 4.79 Å². The van der Waals surface area contributed by atoms with Crippen molar-refractivity contribution in [3.8, 4) is 0 Å². The molecule has 2 heteroatoms. The molecule has 1 spiro atoms. The molecule has 0 amide bonds. The molecule has 0 radical (unpaired) electrons. The molecule has 0 saturated heterocycles. The molecule has 0 bridgehead atoms. The second-order valence-corrected chi connectivity index (χ2v) is 10.6. The smallest absolute Gasteiger partial charge is 0.169 e. The van der Waals surface area contributed by atoms with Crippen LogP contribution in [0.4, 0.5) is 0 Å². The van der Waals surface area contributed by atoms with Gasteiger partial charge in [0.2, 0.25) is 0 Å². The van der Waals surface area contributed by atoms with E-state index in [0.29, 0.717) is 11.7 Å². The summed E-state index contributed by atoms with van der Waals surface area (Å²) in [6.45, 7) is 0. The van der Waals surface area contributed by atoms with Crippen LogP contribution in [0.5, 0.6) is 0 Å². The van der Waals surface area contributed by atoms with E-state index < -0.39 is 5.41 Å². The molecule has 2 nitrogen and oxygen atoms in total. The summed E-state index contributed by atoms with van der Waals surface area (Å²) >= 11 is 0. The first kappa shape index (κ1) is 21.6. The van der Waals surface area contributed by atoms with Gasteiger partial charge >= 0.3 is 0 Å². The predicted molar refractivity (Wildman–Crippen MR) is 137 cm³/mol. The highest BCUT2D eigenvalue weighted by Crippen LogP contribution is 2.59. The standard InChI is InChI=1S/C32H34O2/c33-30-26(21-23-11-4-1-5-12-23)19-20-32(30)22-27-17-10-18-28(24-13-6-2-7-14-24)29(27)34-31(32)25-15-8-3-9-16-25/h1,3-5,8-9,11-13,15-16,21,28,31H,2,6-7,10,14,17-20,22H2/b26-21+/t28-,31+,32+/m0/s1. The first-order valence-corrected chi connectivity index (χ1v) is 13.2. The van der Waals surface area contributed by atoms with Gasteiger partial charge in [-0.3, -0.25) is 4.79 Å². The Hall–Kier alpha value is -2.87. The highest BCUT2D eigenvalue weighted by Gasteiger charge is 2.56. The predicted octanol–water partition coefficient (Wildman–Crippen LogP) is 8.14. The highest BCUT2D eigenvalue weighted by atomic mass is 16.5. The molecule has 1 saturated carbocycles. The lowest BCUT2D eigenvalue weighted by atomic mass is 9.66. The zero-order chi connectivity index (χ0) is 23.0. The van der Waals surface area contributed by atoms with Gasteiger partial charge in [0.05, 0.1) is 5.41 Å². The van der Waals surface area contributed by atoms with E-state index in [1.165, 1.54) is 49.9 Å². The summed E-state index contributed by atoms with van der Waals surface area (Å²) in [5, 5.41) is 0. The maximum absolute atomic E-state index is 14.1. The van der Waals surface area contributed by atoms with Crippen LogP contribution in [-0.4, -0.2) is 5.78 Å². The van der Waals surface area contributed by atoms with Gasteiger partial charge in [0.25, 0.3) is 0 Å². The van der Waals surface area contributed by atoms with Gasteiger partial charge in [0.15, 0.2) is 5.78 Å². The van der Waals surface area contributed by atoms with Gasteiger partial charge in [0.1, 0.15) is 11.9 Å². The van der Waals surface area contributed by atoms with Crippen LogP contribution in [0, 0.1) is 11.3 Å². The lowest BCUT2D eigenvalue weighted by molar-refractivity contribution is -0.134. The zero-order valence-electron chi connectivity index (χ0n) is 20.0. The third kappa shape index (κ3) is 3.78. The molecule has 2 aromatic carbocycles. The quantitative estimate of drug-likeness (QED) is 0.348. The summed E-state index contributed by atoms with van der Waals surface area (Å²) in [5.74, 6) is 1.94. The maximum Gasteiger partial charge on any atom is 0.169 e. The summed E-state index contributed by atoms with van der Waals surface area (Å²) in [5.41, 5.74) is 5.74. The van der Waals surface area contributed by atoms with Crippen LogP contribution in [0.15, 0.2) is 89.2 Å². The number of Topliss-reactive ketones (excluding diaryl/α,β-unsaturated/α-hetero) is 1. The molecular weight excluding hydrogens is 416 g/mol. The molecule has 174 valence electrons. The van der Waals surface area contributed by atoms with Crippen molar-refractivity contribution in [2.75, 3.05) is 0 Å². The molecule has 1 heterocycles. The number of carbonyl (C=O) groups excluding carboxylic acids is 1. The van der Waals surface area contributed by atoms with Gasteiger partial charge in [-0.15, -0.1) is 0 Å². The lowest BCUT2D eigenvalue weighted by Gasteiger charge is -2.46. The summed E-state index contributed by atoms with van der Waals surface area (Å²) < 4.78 is 7.04. The van der Waals surface area contributed by atoms with E-state index in [1.807, 2.05) is 18.2 Å². The van der Waals surface area contributed by atoms with E-state index in [2.05, 4.69) is 54.6 Å². The monoisotopic (exact) mass is 450 g/mol. The van der Waals surface area contributed by atoms with Crippen LogP contribution >= 0.6 is 0 Å². The van der Waals surface area contributed by atoms with E-state index in [0.717, 1.165) is 42.4 Å². The van der Waals surface area contributed by atoms with E-state index in [-0.39, 0.29) is 6.10 Å². The number of rotatable bonds is 3. The molecule has 1 fully saturated rings. The first-order valence-electron chi connectivity index (χ1n) is 13.2. The number of ketones is 1. The van der Waals surface area contributed by atoms with Crippen molar-refractivity contribution < 1.29 is 9.53 Å². The fourth-order valence-electron chi connectivity index (χ4n) is 6.83. The maximum atomic E-state index is 14.1. The van der Waals surface area contributed by atoms with Crippen molar-refractivity contribution in [1.82, 2.24) is 0 Å². The Bertz CT molecular complexity index is 1150. The Morgan fingerprint density at radius 3 is 2.44 bits per heavy atom. The molecule has 3 aliphatic carbocycles. The summed E-state index contributed by atoms with van der Waals surface area (Å²) in [6, 6.07) is 20.8. The molecule has 6 rings (SSSR count). The molecule has 0 N–H and O–H groups in total. The summed E-state index contributed by atoms with van der Waals surface area (Å²) in [4.78, 5) is 14.1. The summed E-state index contributed by atoms with van der Waals surface area (Å²) in [6.07, 6.45) is 15.4. The van der Waals surface area contributed by atoms with Crippen molar-refractivity contribution in [3.05, 3.63) is 100 Å². The number of hydrogen-bond donors (Lipinski definition) is 0. The number of benzene rings is 2. The van der Waals surface area contributed by atoms with Gasteiger partial charge < -0.3 is 4.74 Å². The molecule has 0 unspecified atom stereocenters. The lowest BCUT2D eigenvalue weighted by Crippen LogP contribution is -2.40. The Balaban J connectivity index is 1.41. The van der Waals surface area contributed by atoms with Crippen molar-refractivity contribution in [3.63, 3.8) is 0 Å². The number of ether oxygens (including phenoxy) is 1. The summed E-state index contributed by atoms with van der Waals surface area (Å²) in [7, 11) is 0. The molecular formula is C32H34O2. The fraction of sp³-hybridized carbons (Fsp3) is 0.406. The second kappa shape index (κ2) is 9.06. The number of carbonyl (C=O) groups is 1. The molecule has 4 aliphatic rings. The van der Waals surface area contributed by atoms with Crippen molar-refractivity contribution >= 4 is 11.9 Å². The molecule has 34 heavy (non-hydrogen) atoms. The third-order valence-corrected chi connectivity index (χ3v) is 8.51. The van der Waals surface area contributed by atoms with Crippen molar-refractivity contribution in [2.45, 2.75) is 70.3 Å². The minimum absolute atomic E-state index is 0.202. The largest absolute Gasteiger partial charge is 0.488 e. The molecule has 3 atom stereocenters. The SMILES string of the molecule is O=C1/C(=C/c2ccccc2)CC[C@@]12CC1=C(O[C@@H]2c2ccccc2)[C@H](C2=CCCCC2)CCC1. The fourth-order valence-corrected chi connectivity index (χ4v) is 6.83. The van der Waals surface area contributed by atoms with Crippen LogP contribution in [0.1, 0.15) is 81.4 Å². The van der Waals surface area contributed by atoms with Gasteiger partial charge in [-0.1, -0.05) is 72.3 Å². The van der Waals surface area contributed by atoms with E-state index in [4.69, 9.17) is 4.74 Å². The van der Waals surface area contributed by atoms with Gasteiger partial charge in [-0.05, 0) is 92.6 Å². The molecule has 2 aromatic rings. The number of hydrogen-bond acceptors (Lipinski definition) is 2. The first-order chi connectivity index (χ1) is 16.7. The molecule has 0 aromatic heterocycles. The Morgan fingerprint density at radius 2 is 1.68 bits per heavy atom. The van der Waals surface area contributed by atoms with Gasteiger partial charge in [-0.2, -0.15) is 0 Å². The van der Waals surface area contributed by atoms with Crippen molar-refractivity contribution in [1.29, 1.82) is 0 Å². The molecule has 1 aliphatic heterocycles. The normalized spacial score (nSPS) is 30.3. The van der Waals surface area contributed by atoms with Gasteiger partial charge in [0, 0.05) is 5.92 Å². The Morgan fingerprint density at radius 1 is 0.882 bits per heavy atom. The van der Waals surface area contributed by atoms with Crippen LogP contribution in [-0.2, 0) is 9.53 Å². The Labute approximate surface area is 203 Å². The second-order valence-electron chi connectivity index (χ2n) is 10.6. The topological polar surface area (TPSA) is 26.3 Å². The third-order valence-electron chi connectivity index (χ3n) is 8.51. The Kier molecular flexibility index (Phi) is 5.77. The number of allylic oxidation sites excluding steroid dienone is 4. The van der Waals surface area contributed by atoms with Crippen LogP contribution in [0.3, 0.4) is 0 Å². The highest BCUT2D eigenvalue weighted by molar-refractivity contribution is 6.06. The average molecular weight is 451 g/mol. The van der Waals surface area contributed by atoms with E-state index in [1.54, 1.807) is 5.57 Å². The van der Waals surface area contributed by atoms with Crippen LogP contribution in [0.2, 0.25) is 0 Å². The van der Waals surface area contributed by atoms with Gasteiger partial charge in [-0.25, -0.2) is 0 Å². The van der Waals surface area contributed by atoms with Crippen molar-refractivity contribution in [2.24, 2.45) is 11.3 Å². The minimum atomic E-state index is -0.483. The van der Waals surface area contributed by atoms with E-state index >= 15 is 0 Å². The minimum Gasteiger partial charge on any atom is -0.488 e. The zero-order valence-corrected chi connectivity index (χ0v) is 20.0. The van der Waals surface area contributed by atoms with Crippen LogP contribution < -0.4 is 0 Å². The van der Waals surface area contributed by atoms with Crippen LogP contribution in [0.25, 0.3) is 6.08 Å². The average Bonchev–Trinajstić information content (AvgIpc) is 3.19.